The minimum atomic E-state index is 0.606. The van der Waals surface area contributed by atoms with E-state index < -0.39 is 0 Å². The fourth-order valence-electron chi connectivity index (χ4n) is 1.54. The molecule has 0 saturated heterocycles. The van der Waals surface area contributed by atoms with Crippen molar-refractivity contribution in [2.45, 2.75) is 26.7 Å². The van der Waals surface area contributed by atoms with E-state index in [1.165, 1.54) is 0 Å². The number of aromatic nitrogens is 4. The molecule has 4 heteroatoms. The van der Waals surface area contributed by atoms with Gasteiger partial charge in [0.1, 0.15) is 5.69 Å². The Balaban J connectivity index is 2.44. The standard InChI is InChI=1S/C12H14N4/c1-3-9-10(4-2)15-16-12(14-9)11-7-5-6-8-13-11/h5-8H,3-4H2,1-2H3. The topological polar surface area (TPSA) is 51.6 Å². The lowest BCUT2D eigenvalue weighted by molar-refractivity contribution is 0.825. The van der Waals surface area contributed by atoms with E-state index in [9.17, 15) is 0 Å². The van der Waals surface area contributed by atoms with Crippen molar-refractivity contribution in [1.82, 2.24) is 20.2 Å². The molecule has 4 nitrogen and oxygen atoms in total. The molecule has 16 heavy (non-hydrogen) atoms. The summed E-state index contributed by atoms with van der Waals surface area (Å²) in [5, 5.41) is 8.30. The minimum absolute atomic E-state index is 0.606. The van der Waals surface area contributed by atoms with Crippen LogP contribution in [0.3, 0.4) is 0 Å². The molecule has 0 aliphatic carbocycles. The second-order valence-corrected chi connectivity index (χ2v) is 3.45. The molecule has 0 saturated carbocycles. The third-order valence-electron chi connectivity index (χ3n) is 2.40. The maximum absolute atomic E-state index is 4.50. The van der Waals surface area contributed by atoms with Gasteiger partial charge in [0.25, 0.3) is 0 Å². The smallest absolute Gasteiger partial charge is 0.200 e. The Morgan fingerprint density at radius 2 is 1.81 bits per heavy atom. The first kappa shape index (κ1) is 10.7. The highest BCUT2D eigenvalue weighted by Crippen LogP contribution is 2.12. The lowest BCUT2D eigenvalue weighted by Gasteiger charge is -2.04. The Bertz CT molecular complexity index is 468. The van der Waals surface area contributed by atoms with E-state index in [2.05, 4.69) is 34.0 Å². The Morgan fingerprint density at radius 3 is 2.44 bits per heavy atom. The zero-order valence-corrected chi connectivity index (χ0v) is 9.51. The van der Waals surface area contributed by atoms with E-state index in [0.717, 1.165) is 29.9 Å². The Labute approximate surface area is 94.8 Å². The summed E-state index contributed by atoms with van der Waals surface area (Å²) >= 11 is 0. The summed E-state index contributed by atoms with van der Waals surface area (Å²) in [6.45, 7) is 4.14. The van der Waals surface area contributed by atoms with Gasteiger partial charge in [0.15, 0.2) is 0 Å². The van der Waals surface area contributed by atoms with Crippen LogP contribution < -0.4 is 0 Å². The van der Waals surface area contributed by atoms with E-state index in [4.69, 9.17) is 0 Å². The van der Waals surface area contributed by atoms with Crippen LogP contribution in [0, 0.1) is 0 Å². The quantitative estimate of drug-likeness (QED) is 0.784. The van der Waals surface area contributed by atoms with Gasteiger partial charge >= 0.3 is 0 Å². The van der Waals surface area contributed by atoms with Gasteiger partial charge in [0.05, 0.1) is 11.4 Å². The lowest BCUT2D eigenvalue weighted by atomic mass is 10.2. The van der Waals surface area contributed by atoms with Crippen molar-refractivity contribution < 1.29 is 0 Å². The van der Waals surface area contributed by atoms with Crippen molar-refractivity contribution in [3.05, 3.63) is 35.8 Å². The van der Waals surface area contributed by atoms with Gasteiger partial charge in [-0.2, -0.15) is 5.10 Å². The fraction of sp³-hybridized carbons (Fsp3) is 0.333. The highest BCUT2D eigenvalue weighted by molar-refractivity contribution is 5.47. The van der Waals surface area contributed by atoms with E-state index >= 15 is 0 Å². The van der Waals surface area contributed by atoms with Crippen molar-refractivity contribution in [1.29, 1.82) is 0 Å². The maximum Gasteiger partial charge on any atom is 0.200 e. The van der Waals surface area contributed by atoms with Crippen LogP contribution in [-0.2, 0) is 12.8 Å². The number of rotatable bonds is 3. The second-order valence-electron chi connectivity index (χ2n) is 3.45. The molecule has 0 N–H and O–H groups in total. The SMILES string of the molecule is CCc1nnc(-c2ccccn2)nc1CC. The molecule has 0 aromatic carbocycles. The Hall–Kier alpha value is -1.84. The summed E-state index contributed by atoms with van der Waals surface area (Å²) in [5.41, 5.74) is 2.76. The fourth-order valence-corrected chi connectivity index (χ4v) is 1.54. The average molecular weight is 214 g/mol. The van der Waals surface area contributed by atoms with Crippen molar-refractivity contribution >= 4 is 0 Å². The minimum Gasteiger partial charge on any atom is -0.253 e. The van der Waals surface area contributed by atoms with Crippen LogP contribution in [0.4, 0.5) is 0 Å². The molecule has 0 unspecified atom stereocenters. The van der Waals surface area contributed by atoms with Crippen molar-refractivity contribution in [2.24, 2.45) is 0 Å². The van der Waals surface area contributed by atoms with Gasteiger partial charge in [-0.05, 0) is 25.0 Å². The Kier molecular flexibility index (Phi) is 3.19. The Morgan fingerprint density at radius 1 is 1.00 bits per heavy atom. The van der Waals surface area contributed by atoms with E-state index in [1.54, 1.807) is 6.20 Å². The molecule has 0 bridgehead atoms. The van der Waals surface area contributed by atoms with E-state index in [-0.39, 0.29) is 0 Å². The lowest BCUT2D eigenvalue weighted by Crippen LogP contribution is -2.04. The highest BCUT2D eigenvalue weighted by atomic mass is 15.2. The van der Waals surface area contributed by atoms with Gasteiger partial charge in [0.2, 0.25) is 5.82 Å². The average Bonchev–Trinajstić information content (AvgIpc) is 2.39. The van der Waals surface area contributed by atoms with Crippen molar-refractivity contribution in [3.8, 4) is 11.5 Å². The molecule has 82 valence electrons. The number of aryl methyl sites for hydroxylation is 2. The molecule has 2 aromatic heterocycles. The third kappa shape index (κ3) is 2.05. The van der Waals surface area contributed by atoms with Crippen molar-refractivity contribution in [3.63, 3.8) is 0 Å². The molecule has 0 aliphatic heterocycles. The molecule has 0 spiro atoms. The van der Waals surface area contributed by atoms with Gasteiger partial charge in [-0.25, -0.2) is 4.98 Å². The predicted molar refractivity (Wildman–Crippen MR) is 61.8 cm³/mol. The van der Waals surface area contributed by atoms with E-state index in [1.807, 2.05) is 18.2 Å². The van der Waals surface area contributed by atoms with Crippen LogP contribution in [0.1, 0.15) is 25.2 Å². The molecule has 2 heterocycles. The molecular formula is C12H14N4. The van der Waals surface area contributed by atoms with Gasteiger partial charge in [-0.15, -0.1) is 5.10 Å². The van der Waals surface area contributed by atoms with Crippen molar-refractivity contribution in [2.75, 3.05) is 0 Å². The summed E-state index contributed by atoms with van der Waals surface area (Å²) in [4.78, 5) is 8.71. The first-order valence-corrected chi connectivity index (χ1v) is 5.49. The first-order valence-electron chi connectivity index (χ1n) is 5.49. The van der Waals surface area contributed by atoms with Gasteiger partial charge in [-0.3, -0.25) is 4.98 Å². The zero-order chi connectivity index (χ0) is 11.4. The van der Waals surface area contributed by atoms with Gasteiger partial charge in [-0.1, -0.05) is 19.9 Å². The maximum atomic E-state index is 4.50. The summed E-state index contributed by atoms with van der Waals surface area (Å²) in [5.74, 6) is 0.606. The number of nitrogens with zero attached hydrogens (tertiary/aromatic N) is 4. The highest BCUT2D eigenvalue weighted by Gasteiger charge is 2.08. The van der Waals surface area contributed by atoms with Gasteiger partial charge < -0.3 is 0 Å². The summed E-state index contributed by atoms with van der Waals surface area (Å²) in [7, 11) is 0. The molecule has 0 amide bonds. The second kappa shape index (κ2) is 4.79. The molecule has 0 aliphatic rings. The van der Waals surface area contributed by atoms with E-state index in [0.29, 0.717) is 5.82 Å². The number of hydrogen-bond acceptors (Lipinski definition) is 4. The number of hydrogen-bond donors (Lipinski definition) is 0. The molecule has 0 fully saturated rings. The molecule has 0 atom stereocenters. The number of pyridine rings is 1. The first-order chi connectivity index (χ1) is 7.85. The molecule has 2 rings (SSSR count). The van der Waals surface area contributed by atoms with Crippen LogP contribution in [0.25, 0.3) is 11.5 Å². The van der Waals surface area contributed by atoms with Gasteiger partial charge in [0, 0.05) is 6.20 Å². The molecule has 2 aromatic rings. The zero-order valence-electron chi connectivity index (χ0n) is 9.51. The predicted octanol–water partition coefficient (Wildman–Crippen LogP) is 2.06. The molecular weight excluding hydrogens is 200 g/mol. The van der Waals surface area contributed by atoms with Crippen LogP contribution in [0.2, 0.25) is 0 Å². The van der Waals surface area contributed by atoms with Crippen LogP contribution in [0.5, 0.6) is 0 Å². The largest absolute Gasteiger partial charge is 0.253 e. The third-order valence-corrected chi connectivity index (χ3v) is 2.40. The van der Waals surface area contributed by atoms with Crippen LogP contribution >= 0.6 is 0 Å². The monoisotopic (exact) mass is 214 g/mol. The van der Waals surface area contributed by atoms with Crippen LogP contribution in [-0.4, -0.2) is 20.2 Å². The summed E-state index contributed by atoms with van der Waals surface area (Å²) < 4.78 is 0. The normalized spacial score (nSPS) is 10.4. The molecule has 0 radical (unpaired) electrons. The summed E-state index contributed by atoms with van der Waals surface area (Å²) in [6, 6.07) is 5.69. The van der Waals surface area contributed by atoms with Crippen LogP contribution in [0.15, 0.2) is 24.4 Å². The summed E-state index contributed by atoms with van der Waals surface area (Å²) in [6.07, 6.45) is 3.47.